The van der Waals surface area contributed by atoms with E-state index in [0.717, 1.165) is 10.00 Å². The van der Waals surface area contributed by atoms with Crippen molar-refractivity contribution in [1.29, 1.82) is 0 Å². The van der Waals surface area contributed by atoms with Crippen molar-refractivity contribution in [3.63, 3.8) is 0 Å². The molecular weight excluding hydrogens is 502 g/mol. The van der Waals surface area contributed by atoms with Crippen molar-refractivity contribution in [2.24, 2.45) is 0 Å². The van der Waals surface area contributed by atoms with Crippen molar-refractivity contribution < 1.29 is 22.7 Å². The maximum atomic E-state index is 13.5. The van der Waals surface area contributed by atoms with Crippen molar-refractivity contribution in [2.75, 3.05) is 18.0 Å². The summed E-state index contributed by atoms with van der Waals surface area (Å²) >= 11 is 1.31. The quantitative estimate of drug-likeness (QED) is 0.242. The highest BCUT2D eigenvalue weighted by molar-refractivity contribution is 7.92. The average molecular weight is 526 g/mol. The van der Waals surface area contributed by atoms with Gasteiger partial charge in [0.05, 0.1) is 35.5 Å². The molecule has 0 aliphatic carbocycles. The number of benzene rings is 2. The normalized spacial score (nSPS) is 11.3. The number of rotatable bonds is 9. The number of aromatic nitrogens is 2. The van der Waals surface area contributed by atoms with Crippen molar-refractivity contribution in [2.45, 2.75) is 18.4 Å². The first-order valence-corrected chi connectivity index (χ1v) is 13.1. The molecule has 4 aromatic rings. The Bertz CT molecular complexity index is 1610. The van der Waals surface area contributed by atoms with Gasteiger partial charge in [0.2, 0.25) is 0 Å². The summed E-state index contributed by atoms with van der Waals surface area (Å²) in [4.78, 5) is 29.8. The van der Waals surface area contributed by atoms with Crippen LogP contribution in [0.4, 0.5) is 5.69 Å². The zero-order valence-electron chi connectivity index (χ0n) is 19.6. The van der Waals surface area contributed by atoms with Gasteiger partial charge < -0.3 is 9.47 Å². The molecule has 0 radical (unpaired) electrons. The van der Waals surface area contributed by atoms with Gasteiger partial charge in [-0.25, -0.2) is 18.2 Å². The highest BCUT2D eigenvalue weighted by Gasteiger charge is 2.27. The number of sulfonamides is 1. The minimum atomic E-state index is -4.08. The first kappa shape index (κ1) is 25.1. The molecule has 2 aromatic heterocycles. The van der Waals surface area contributed by atoms with Gasteiger partial charge in [-0.1, -0.05) is 24.3 Å². The molecule has 0 saturated carbocycles. The van der Waals surface area contributed by atoms with E-state index in [1.807, 2.05) is 5.38 Å². The maximum absolute atomic E-state index is 13.5. The van der Waals surface area contributed by atoms with Crippen LogP contribution >= 0.6 is 11.3 Å². The van der Waals surface area contributed by atoms with Gasteiger partial charge in [-0.15, -0.1) is 17.9 Å². The van der Waals surface area contributed by atoms with Crippen LogP contribution in [-0.4, -0.2) is 37.4 Å². The Kier molecular flexibility index (Phi) is 7.22. The number of esters is 1. The van der Waals surface area contributed by atoms with Gasteiger partial charge in [0.25, 0.3) is 15.6 Å². The Morgan fingerprint density at radius 3 is 2.72 bits per heavy atom. The second-order valence-electron chi connectivity index (χ2n) is 7.68. The minimum Gasteiger partial charge on any atom is -0.495 e. The van der Waals surface area contributed by atoms with Crippen LogP contribution in [0.15, 0.2) is 82.3 Å². The molecule has 186 valence electrons. The molecule has 0 aliphatic rings. The van der Waals surface area contributed by atoms with E-state index in [4.69, 9.17) is 9.47 Å². The number of fused-ring (bicyclic) bond motifs is 1. The van der Waals surface area contributed by atoms with E-state index in [2.05, 4.69) is 11.6 Å². The number of nitrogens with zero attached hydrogens (tertiary/aromatic N) is 3. The van der Waals surface area contributed by atoms with Crippen molar-refractivity contribution in [3.8, 4) is 5.75 Å². The molecule has 0 aliphatic heterocycles. The Hall–Kier alpha value is -3.96. The fourth-order valence-electron chi connectivity index (χ4n) is 3.59. The predicted molar refractivity (Wildman–Crippen MR) is 137 cm³/mol. The summed E-state index contributed by atoms with van der Waals surface area (Å²) in [5.74, 6) is -0.372. The lowest BCUT2D eigenvalue weighted by Gasteiger charge is -2.25. The number of hydrogen-bond acceptors (Lipinski definition) is 8. The molecule has 9 nitrogen and oxygen atoms in total. The fourth-order valence-corrected chi connectivity index (χ4v) is 5.97. The van der Waals surface area contributed by atoms with Crippen molar-refractivity contribution in [1.82, 2.24) is 9.38 Å². The Morgan fingerprint density at radius 2 is 1.97 bits per heavy atom. The highest BCUT2D eigenvalue weighted by atomic mass is 32.2. The number of anilines is 1. The van der Waals surface area contributed by atoms with Crippen LogP contribution in [0.2, 0.25) is 0 Å². The molecule has 11 heteroatoms. The largest absolute Gasteiger partial charge is 0.495 e. The second kappa shape index (κ2) is 10.3. The first-order valence-electron chi connectivity index (χ1n) is 10.8. The Morgan fingerprint density at radius 1 is 1.19 bits per heavy atom. The number of carbonyl (C=O) groups excluding carboxylic acids is 1. The lowest BCUT2D eigenvalue weighted by atomic mass is 10.2. The number of aryl methyl sites for hydroxylation is 1. The molecule has 0 unspecified atom stereocenters. The molecular formula is C25H23N3O6S2. The average Bonchev–Trinajstić information content (AvgIpc) is 3.26. The molecule has 0 bridgehead atoms. The maximum Gasteiger partial charge on any atom is 0.338 e. The zero-order valence-corrected chi connectivity index (χ0v) is 21.2. The molecule has 0 amide bonds. The third-order valence-corrected chi connectivity index (χ3v) is 8.01. The van der Waals surface area contributed by atoms with Crippen LogP contribution in [0.5, 0.6) is 5.75 Å². The van der Waals surface area contributed by atoms with E-state index in [1.165, 1.54) is 59.3 Å². The summed E-state index contributed by atoms with van der Waals surface area (Å²) in [6.45, 7) is 5.22. The number of hydrogen-bond donors (Lipinski definition) is 0. The van der Waals surface area contributed by atoms with E-state index in [-0.39, 0.29) is 29.2 Å². The molecule has 0 spiro atoms. The standard InChI is InChI=1S/C25H23N3O6S2/c1-4-12-27(21-10-5-6-11-22(21)33-3)36(31,32)20-9-7-8-18(13-20)24(30)34-15-19-14-23(29)28-17(2)16-35-25(28)26-19/h4-11,13-14,16H,1,12,15H2,2-3H3. The lowest BCUT2D eigenvalue weighted by Crippen LogP contribution is -2.31. The molecule has 0 N–H and O–H groups in total. The van der Waals surface area contributed by atoms with E-state index >= 15 is 0 Å². The van der Waals surface area contributed by atoms with Crippen LogP contribution in [0, 0.1) is 6.92 Å². The first-order chi connectivity index (χ1) is 17.3. The van der Waals surface area contributed by atoms with Gasteiger partial charge in [-0.3, -0.25) is 13.5 Å². The van der Waals surface area contributed by atoms with E-state index < -0.39 is 16.0 Å². The highest BCUT2D eigenvalue weighted by Crippen LogP contribution is 2.32. The van der Waals surface area contributed by atoms with Crippen LogP contribution in [-0.2, 0) is 21.4 Å². The van der Waals surface area contributed by atoms with E-state index in [9.17, 15) is 18.0 Å². The fraction of sp³-hybridized carbons (Fsp3) is 0.160. The zero-order chi connectivity index (χ0) is 25.9. The van der Waals surface area contributed by atoms with Crippen LogP contribution in [0.1, 0.15) is 21.7 Å². The summed E-state index contributed by atoms with van der Waals surface area (Å²) in [6.07, 6.45) is 1.46. The summed E-state index contributed by atoms with van der Waals surface area (Å²) < 4.78 is 40.4. The number of methoxy groups -OCH3 is 1. The minimum absolute atomic E-state index is 0.0107. The van der Waals surface area contributed by atoms with Gasteiger partial charge in [0.1, 0.15) is 12.4 Å². The number of thiazole rings is 1. The van der Waals surface area contributed by atoms with Gasteiger partial charge in [-0.2, -0.15) is 0 Å². The lowest BCUT2D eigenvalue weighted by molar-refractivity contribution is 0.0467. The summed E-state index contributed by atoms with van der Waals surface area (Å²) in [7, 11) is -2.63. The summed E-state index contributed by atoms with van der Waals surface area (Å²) in [6, 6.07) is 13.6. The van der Waals surface area contributed by atoms with Crippen molar-refractivity contribution >= 4 is 38.0 Å². The van der Waals surface area contributed by atoms with E-state index in [0.29, 0.717) is 22.1 Å². The van der Waals surface area contributed by atoms with Gasteiger partial charge in [0.15, 0.2) is 4.96 Å². The Balaban J connectivity index is 1.59. The second-order valence-corrected chi connectivity index (χ2v) is 10.4. The van der Waals surface area contributed by atoms with Crippen molar-refractivity contribution in [3.05, 3.63) is 99.9 Å². The van der Waals surface area contributed by atoms with Crippen LogP contribution in [0.25, 0.3) is 4.96 Å². The molecule has 0 fully saturated rings. The summed E-state index contributed by atoms with van der Waals surface area (Å²) in [5.41, 5.74) is 1.18. The predicted octanol–water partition coefficient (Wildman–Crippen LogP) is 3.81. The van der Waals surface area contributed by atoms with Gasteiger partial charge >= 0.3 is 5.97 Å². The van der Waals surface area contributed by atoms with E-state index in [1.54, 1.807) is 31.2 Å². The topological polar surface area (TPSA) is 107 Å². The third kappa shape index (κ3) is 4.88. The summed E-state index contributed by atoms with van der Waals surface area (Å²) in [5, 5.41) is 1.81. The molecule has 36 heavy (non-hydrogen) atoms. The molecule has 4 rings (SSSR count). The molecule has 2 aromatic carbocycles. The number of carbonyl (C=O) groups is 1. The van der Waals surface area contributed by atoms with Gasteiger partial charge in [-0.05, 0) is 37.3 Å². The Labute approximate surface area is 211 Å². The van der Waals surface area contributed by atoms with Gasteiger partial charge in [0, 0.05) is 17.1 Å². The number of para-hydroxylation sites is 2. The SMILES string of the molecule is C=CCN(c1ccccc1OC)S(=O)(=O)c1cccc(C(=O)OCc2cc(=O)n3c(C)csc3n2)c1. The molecule has 0 atom stereocenters. The van der Waals surface area contributed by atoms with Crippen LogP contribution < -0.4 is 14.6 Å². The monoisotopic (exact) mass is 525 g/mol. The molecule has 0 saturated heterocycles. The smallest absolute Gasteiger partial charge is 0.338 e. The number of ether oxygens (including phenoxy) is 2. The third-order valence-electron chi connectivity index (χ3n) is 5.29. The molecule has 2 heterocycles. The van der Waals surface area contributed by atoms with Crippen LogP contribution in [0.3, 0.4) is 0 Å².